The second kappa shape index (κ2) is 5.97. The number of anilines is 1. The van der Waals surface area contributed by atoms with Gasteiger partial charge in [-0.2, -0.15) is 0 Å². The number of aromatic carboxylic acids is 1. The molecule has 0 aromatic carbocycles. The SMILES string of the molecule is Cc1cc(C(=O)O)nc(NC(CCO)C(C)(C)C)n1. The number of hydrogen-bond acceptors (Lipinski definition) is 5. The van der Waals surface area contributed by atoms with Gasteiger partial charge in [-0.25, -0.2) is 14.8 Å². The molecule has 0 bridgehead atoms. The number of carboxylic acids is 1. The molecule has 6 nitrogen and oxygen atoms in total. The van der Waals surface area contributed by atoms with Crippen molar-refractivity contribution in [1.82, 2.24) is 9.97 Å². The van der Waals surface area contributed by atoms with Gasteiger partial charge in [0.15, 0.2) is 5.69 Å². The molecule has 0 saturated carbocycles. The molecule has 0 aliphatic carbocycles. The highest BCUT2D eigenvalue weighted by Gasteiger charge is 2.25. The lowest BCUT2D eigenvalue weighted by Crippen LogP contribution is -2.35. The number of hydrogen-bond donors (Lipinski definition) is 3. The van der Waals surface area contributed by atoms with Gasteiger partial charge < -0.3 is 15.5 Å². The summed E-state index contributed by atoms with van der Waals surface area (Å²) in [5.41, 5.74) is 0.456. The predicted octanol–water partition coefficient (Wildman–Crippen LogP) is 1.69. The van der Waals surface area contributed by atoms with E-state index in [1.807, 2.05) is 20.8 Å². The molecule has 0 radical (unpaired) electrons. The molecule has 1 heterocycles. The van der Waals surface area contributed by atoms with Crippen LogP contribution in [0.1, 0.15) is 43.4 Å². The smallest absolute Gasteiger partial charge is 0.354 e. The van der Waals surface area contributed by atoms with Crippen LogP contribution in [0.4, 0.5) is 5.95 Å². The third kappa shape index (κ3) is 4.48. The zero-order chi connectivity index (χ0) is 14.6. The van der Waals surface area contributed by atoms with Crippen molar-refractivity contribution < 1.29 is 15.0 Å². The molecule has 3 N–H and O–H groups in total. The average Bonchev–Trinajstić information content (AvgIpc) is 2.26. The van der Waals surface area contributed by atoms with E-state index in [4.69, 9.17) is 10.2 Å². The maximum atomic E-state index is 11.0. The molecule has 1 rings (SSSR count). The van der Waals surface area contributed by atoms with Crippen LogP contribution >= 0.6 is 0 Å². The van der Waals surface area contributed by atoms with E-state index in [1.54, 1.807) is 6.92 Å². The number of aryl methyl sites for hydroxylation is 1. The minimum atomic E-state index is -1.08. The monoisotopic (exact) mass is 267 g/mol. The number of rotatable bonds is 5. The van der Waals surface area contributed by atoms with Gasteiger partial charge in [-0.05, 0) is 24.8 Å². The zero-order valence-corrected chi connectivity index (χ0v) is 11.8. The number of aliphatic hydroxyl groups is 1. The third-order valence-electron chi connectivity index (χ3n) is 2.84. The quantitative estimate of drug-likeness (QED) is 0.751. The fourth-order valence-electron chi connectivity index (χ4n) is 1.75. The first kappa shape index (κ1) is 15.4. The van der Waals surface area contributed by atoms with E-state index in [9.17, 15) is 4.79 Å². The van der Waals surface area contributed by atoms with E-state index in [0.717, 1.165) is 0 Å². The lowest BCUT2D eigenvalue weighted by Gasteiger charge is -2.31. The zero-order valence-electron chi connectivity index (χ0n) is 11.8. The molecule has 19 heavy (non-hydrogen) atoms. The van der Waals surface area contributed by atoms with Crippen molar-refractivity contribution in [2.45, 2.75) is 40.2 Å². The molecule has 1 aromatic rings. The number of aromatic nitrogens is 2. The van der Waals surface area contributed by atoms with E-state index in [0.29, 0.717) is 12.1 Å². The molecule has 0 aliphatic rings. The Bertz CT molecular complexity index is 455. The van der Waals surface area contributed by atoms with Crippen molar-refractivity contribution in [3.63, 3.8) is 0 Å². The van der Waals surface area contributed by atoms with Crippen LogP contribution in [0.25, 0.3) is 0 Å². The minimum Gasteiger partial charge on any atom is -0.477 e. The first-order chi connectivity index (χ1) is 8.74. The lowest BCUT2D eigenvalue weighted by atomic mass is 9.85. The largest absolute Gasteiger partial charge is 0.477 e. The van der Waals surface area contributed by atoms with Crippen molar-refractivity contribution in [2.75, 3.05) is 11.9 Å². The fraction of sp³-hybridized carbons (Fsp3) is 0.615. The lowest BCUT2D eigenvalue weighted by molar-refractivity contribution is 0.0690. The molecule has 1 atom stereocenters. The number of aliphatic hydroxyl groups excluding tert-OH is 1. The molecule has 6 heteroatoms. The van der Waals surface area contributed by atoms with Crippen molar-refractivity contribution in [2.24, 2.45) is 5.41 Å². The maximum absolute atomic E-state index is 11.0. The Labute approximate surface area is 112 Å². The molecule has 0 aliphatic heterocycles. The van der Waals surface area contributed by atoms with Gasteiger partial charge in [0.1, 0.15) is 0 Å². The second-order valence-corrected chi connectivity index (χ2v) is 5.60. The highest BCUT2D eigenvalue weighted by molar-refractivity contribution is 5.85. The van der Waals surface area contributed by atoms with Gasteiger partial charge in [-0.1, -0.05) is 20.8 Å². The summed E-state index contributed by atoms with van der Waals surface area (Å²) in [5.74, 6) is -0.797. The third-order valence-corrected chi connectivity index (χ3v) is 2.84. The van der Waals surface area contributed by atoms with Crippen molar-refractivity contribution in [3.05, 3.63) is 17.5 Å². The summed E-state index contributed by atoms with van der Waals surface area (Å²) < 4.78 is 0. The molecule has 0 spiro atoms. The molecule has 0 amide bonds. The molecular formula is C13H21N3O3. The maximum Gasteiger partial charge on any atom is 0.354 e. The van der Waals surface area contributed by atoms with Crippen molar-refractivity contribution >= 4 is 11.9 Å². The van der Waals surface area contributed by atoms with Gasteiger partial charge in [0.05, 0.1) is 0 Å². The molecule has 0 fully saturated rings. The van der Waals surface area contributed by atoms with E-state index in [1.165, 1.54) is 6.07 Å². The van der Waals surface area contributed by atoms with E-state index in [2.05, 4.69) is 15.3 Å². The Morgan fingerprint density at radius 3 is 2.53 bits per heavy atom. The molecular weight excluding hydrogens is 246 g/mol. The number of carbonyl (C=O) groups is 1. The van der Waals surface area contributed by atoms with E-state index < -0.39 is 5.97 Å². The van der Waals surface area contributed by atoms with Crippen LogP contribution < -0.4 is 5.32 Å². The van der Waals surface area contributed by atoms with Gasteiger partial charge in [0, 0.05) is 18.3 Å². The molecule has 1 aromatic heterocycles. The summed E-state index contributed by atoms with van der Waals surface area (Å²) in [4.78, 5) is 19.1. The Morgan fingerprint density at radius 1 is 1.42 bits per heavy atom. The average molecular weight is 267 g/mol. The molecule has 106 valence electrons. The predicted molar refractivity (Wildman–Crippen MR) is 72.3 cm³/mol. The number of carboxylic acid groups (broad SMARTS) is 1. The summed E-state index contributed by atoms with van der Waals surface area (Å²) in [7, 11) is 0. The van der Waals surface area contributed by atoms with E-state index >= 15 is 0 Å². The first-order valence-corrected chi connectivity index (χ1v) is 6.20. The summed E-state index contributed by atoms with van der Waals surface area (Å²) in [6.07, 6.45) is 0.545. The van der Waals surface area contributed by atoms with Gasteiger partial charge in [0.25, 0.3) is 0 Å². The summed E-state index contributed by atoms with van der Waals surface area (Å²) in [5, 5.41) is 21.2. The van der Waals surface area contributed by atoms with Crippen LogP contribution in [0, 0.1) is 12.3 Å². The highest BCUT2D eigenvalue weighted by atomic mass is 16.4. The summed E-state index contributed by atoms with van der Waals surface area (Å²) in [6.45, 7) is 7.88. The number of nitrogens with zero attached hydrogens (tertiary/aromatic N) is 2. The summed E-state index contributed by atoms with van der Waals surface area (Å²) in [6, 6.07) is 1.38. The van der Waals surface area contributed by atoms with Crippen LogP contribution in [-0.4, -0.2) is 38.8 Å². The molecule has 0 saturated heterocycles. The van der Waals surface area contributed by atoms with Crippen molar-refractivity contribution in [3.8, 4) is 0 Å². The fourth-order valence-corrected chi connectivity index (χ4v) is 1.75. The summed E-state index contributed by atoms with van der Waals surface area (Å²) >= 11 is 0. The Hall–Kier alpha value is -1.69. The van der Waals surface area contributed by atoms with Crippen molar-refractivity contribution in [1.29, 1.82) is 0 Å². The Morgan fingerprint density at radius 2 is 2.05 bits per heavy atom. The van der Waals surface area contributed by atoms with Crippen LogP contribution in [0.3, 0.4) is 0 Å². The highest BCUT2D eigenvalue weighted by Crippen LogP contribution is 2.24. The first-order valence-electron chi connectivity index (χ1n) is 6.20. The van der Waals surface area contributed by atoms with E-state index in [-0.39, 0.29) is 29.7 Å². The molecule has 1 unspecified atom stereocenters. The minimum absolute atomic E-state index is 0.0355. The van der Waals surface area contributed by atoms with Gasteiger partial charge in [0.2, 0.25) is 5.95 Å². The normalized spacial score (nSPS) is 13.1. The Balaban J connectivity index is 2.99. The number of nitrogens with one attached hydrogen (secondary N) is 1. The van der Waals surface area contributed by atoms with Crippen LogP contribution in [-0.2, 0) is 0 Å². The topological polar surface area (TPSA) is 95.3 Å². The standard InChI is InChI=1S/C13H21N3O3/c1-8-7-9(11(18)19)15-12(14-8)16-10(5-6-17)13(2,3)4/h7,10,17H,5-6H2,1-4H3,(H,18,19)(H,14,15,16). The van der Waals surface area contributed by atoms with Gasteiger partial charge >= 0.3 is 5.97 Å². The Kier molecular flexibility index (Phi) is 4.83. The van der Waals surface area contributed by atoms with Crippen LogP contribution in [0.5, 0.6) is 0 Å². The van der Waals surface area contributed by atoms with Crippen LogP contribution in [0.15, 0.2) is 6.07 Å². The van der Waals surface area contributed by atoms with Crippen LogP contribution in [0.2, 0.25) is 0 Å². The second-order valence-electron chi connectivity index (χ2n) is 5.60. The van der Waals surface area contributed by atoms with Gasteiger partial charge in [-0.15, -0.1) is 0 Å². The van der Waals surface area contributed by atoms with Gasteiger partial charge in [-0.3, -0.25) is 0 Å².